The molecule has 2 rings (SSSR count). The minimum Gasteiger partial charge on any atom is -0.480 e. The Hall–Kier alpha value is -1.40. The fraction of sp³-hybridized carbons (Fsp3) is 0.385. The Bertz CT molecular complexity index is 531. The van der Waals surface area contributed by atoms with Gasteiger partial charge >= 0.3 is 5.97 Å². The standard InChI is InChI=1S/C13H14BrNO4/c1-7-2-3-8(14)4-10(7)12(17)15-6-9(16)5-11(15)13(18)19/h2-4,9,11,16H,5-6H2,1H3,(H,18,19)/t9-,11+/m1/s1. The van der Waals surface area contributed by atoms with Crippen molar-refractivity contribution in [3.05, 3.63) is 33.8 Å². The number of benzene rings is 1. The van der Waals surface area contributed by atoms with Crippen LogP contribution in [0.3, 0.4) is 0 Å². The first kappa shape index (κ1) is 14.0. The molecule has 102 valence electrons. The number of carbonyl (C=O) groups excluding carboxylic acids is 1. The van der Waals surface area contributed by atoms with Gasteiger partial charge in [-0.1, -0.05) is 22.0 Å². The van der Waals surface area contributed by atoms with E-state index in [0.29, 0.717) is 5.56 Å². The van der Waals surface area contributed by atoms with Crippen molar-refractivity contribution in [2.45, 2.75) is 25.5 Å². The molecule has 1 fully saturated rings. The van der Waals surface area contributed by atoms with E-state index in [1.54, 1.807) is 19.1 Å². The van der Waals surface area contributed by atoms with Crippen LogP contribution in [0, 0.1) is 6.92 Å². The third-order valence-electron chi connectivity index (χ3n) is 3.25. The zero-order valence-corrected chi connectivity index (χ0v) is 11.9. The van der Waals surface area contributed by atoms with Crippen molar-refractivity contribution >= 4 is 27.8 Å². The molecule has 0 unspecified atom stereocenters. The molecule has 1 aromatic carbocycles. The van der Waals surface area contributed by atoms with Gasteiger partial charge in [-0.25, -0.2) is 4.79 Å². The Kier molecular flexibility index (Phi) is 3.91. The van der Waals surface area contributed by atoms with Crippen molar-refractivity contribution < 1.29 is 19.8 Å². The summed E-state index contributed by atoms with van der Waals surface area (Å²) in [5.74, 6) is -1.44. The third kappa shape index (κ3) is 2.79. The Morgan fingerprint density at radius 3 is 2.74 bits per heavy atom. The predicted molar refractivity (Wildman–Crippen MR) is 72.0 cm³/mol. The smallest absolute Gasteiger partial charge is 0.326 e. The quantitative estimate of drug-likeness (QED) is 0.861. The highest BCUT2D eigenvalue weighted by molar-refractivity contribution is 9.10. The van der Waals surface area contributed by atoms with Gasteiger partial charge in [0.05, 0.1) is 6.10 Å². The first-order valence-corrected chi connectivity index (χ1v) is 6.67. The van der Waals surface area contributed by atoms with Gasteiger partial charge in [0.1, 0.15) is 6.04 Å². The lowest BCUT2D eigenvalue weighted by molar-refractivity contribution is -0.141. The molecule has 1 aliphatic heterocycles. The molecule has 0 spiro atoms. The molecule has 19 heavy (non-hydrogen) atoms. The molecule has 1 heterocycles. The molecule has 5 nitrogen and oxygen atoms in total. The molecule has 0 bridgehead atoms. The Morgan fingerprint density at radius 2 is 2.11 bits per heavy atom. The maximum absolute atomic E-state index is 12.4. The summed E-state index contributed by atoms with van der Waals surface area (Å²) in [6.07, 6.45) is -0.703. The number of nitrogens with zero attached hydrogens (tertiary/aromatic N) is 1. The molecule has 2 N–H and O–H groups in total. The number of β-amino-alcohol motifs (C(OH)–C–C–N with tert-alkyl or cyclic N) is 1. The Labute approximate surface area is 119 Å². The van der Waals surface area contributed by atoms with Crippen LogP contribution >= 0.6 is 15.9 Å². The third-order valence-corrected chi connectivity index (χ3v) is 3.75. The SMILES string of the molecule is Cc1ccc(Br)cc1C(=O)N1C[C@H](O)C[C@H]1C(=O)O. The maximum Gasteiger partial charge on any atom is 0.326 e. The van der Waals surface area contributed by atoms with Crippen LogP contribution in [0.15, 0.2) is 22.7 Å². The molecular formula is C13H14BrNO4. The summed E-state index contributed by atoms with van der Waals surface area (Å²) in [6, 6.07) is 4.32. The van der Waals surface area contributed by atoms with Crippen LogP contribution in [0.1, 0.15) is 22.3 Å². The number of carboxylic acids is 1. The van der Waals surface area contributed by atoms with E-state index in [1.165, 1.54) is 4.90 Å². The van der Waals surface area contributed by atoms with E-state index >= 15 is 0 Å². The second kappa shape index (κ2) is 5.30. The van der Waals surface area contributed by atoms with Crippen molar-refractivity contribution in [1.82, 2.24) is 4.90 Å². The highest BCUT2D eigenvalue weighted by Gasteiger charge is 2.39. The Morgan fingerprint density at radius 1 is 1.42 bits per heavy atom. The van der Waals surface area contributed by atoms with Crippen LogP contribution in [0.5, 0.6) is 0 Å². The van der Waals surface area contributed by atoms with Gasteiger partial charge in [0.25, 0.3) is 5.91 Å². The zero-order valence-electron chi connectivity index (χ0n) is 10.3. The largest absolute Gasteiger partial charge is 0.480 e. The first-order chi connectivity index (χ1) is 8.90. The molecule has 1 aliphatic rings. The van der Waals surface area contributed by atoms with E-state index in [-0.39, 0.29) is 18.9 Å². The van der Waals surface area contributed by atoms with Crippen molar-refractivity contribution in [3.8, 4) is 0 Å². The summed E-state index contributed by atoms with van der Waals surface area (Å²) in [6.45, 7) is 1.85. The molecule has 1 amide bonds. The number of aliphatic hydroxyl groups excluding tert-OH is 1. The molecule has 0 aromatic heterocycles. The monoisotopic (exact) mass is 327 g/mol. The van der Waals surface area contributed by atoms with Gasteiger partial charge in [0, 0.05) is 23.0 Å². The summed E-state index contributed by atoms with van der Waals surface area (Å²) < 4.78 is 0.757. The van der Waals surface area contributed by atoms with Gasteiger partial charge in [-0.05, 0) is 24.6 Å². The number of amides is 1. The average molecular weight is 328 g/mol. The number of carboxylic acid groups (broad SMARTS) is 1. The average Bonchev–Trinajstić information content (AvgIpc) is 2.74. The van der Waals surface area contributed by atoms with Crippen LogP contribution in [-0.2, 0) is 4.79 Å². The number of aryl methyl sites for hydroxylation is 1. The van der Waals surface area contributed by atoms with Gasteiger partial charge in [-0.3, -0.25) is 4.79 Å². The van der Waals surface area contributed by atoms with E-state index in [9.17, 15) is 14.7 Å². The summed E-state index contributed by atoms with van der Waals surface area (Å²) in [5, 5.41) is 18.7. The fourth-order valence-electron chi connectivity index (χ4n) is 2.25. The second-order valence-corrected chi connectivity index (χ2v) is 5.58. The summed E-state index contributed by atoms with van der Waals surface area (Å²) in [7, 11) is 0. The molecule has 0 radical (unpaired) electrons. The fourth-order valence-corrected chi connectivity index (χ4v) is 2.61. The van der Waals surface area contributed by atoms with Crippen molar-refractivity contribution in [2.75, 3.05) is 6.54 Å². The maximum atomic E-state index is 12.4. The number of halogens is 1. The van der Waals surface area contributed by atoms with Crippen LogP contribution in [0.2, 0.25) is 0 Å². The highest BCUT2D eigenvalue weighted by Crippen LogP contribution is 2.24. The molecular weight excluding hydrogens is 314 g/mol. The van der Waals surface area contributed by atoms with Crippen LogP contribution < -0.4 is 0 Å². The van der Waals surface area contributed by atoms with E-state index < -0.39 is 18.1 Å². The lowest BCUT2D eigenvalue weighted by Crippen LogP contribution is -2.40. The normalized spacial score (nSPS) is 22.6. The van der Waals surface area contributed by atoms with E-state index in [4.69, 9.17) is 5.11 Å². The van der Waals surface area contributed by atoms with Gasteiger partial charge in [0.2, 0.25) is 0 Å². The van der Waals surface area contributed by atoms with Crippen molar-refractivity contribution in [1.29, 1.82) is 0 Å². The van der Waals surface area contributed by atoms with Gasteiger partial charge in [-0.2, -0.15) is 0 Å². The van der Waals surface area contributed by atoms with Crippen LogP contribution in [0.4, 0.5) is 0 Å². The number of hydrogen-bond donors (Lipinski definition) is 2. The number of aliphatic carboxylic acids is 1. The van der Waals surface area contributed by atoms with Gasteiger partial charge in [-0.15, -0.1) is 0 Å². The number of carbonyl (C=O) groups is 2. The number of likely N-dealkylation sites (tertiary alicyclic amines) is 1. The first-order valence-electron chi connectivity index (χ1n) is 5.88. The zero-order chi connectivity index (χ0) is 14.2. The van der Waals surface area contributed by atoms with Gasteiger partial charge < -0.3 is 15.1 Å². The Balaban J connectivity index is 2.33. The van der Waals surface area contributed by atoms with Crippen LogP contribution in [0.25, 0.3) is 0 Å². The predicted octanol–water partition coefficient (Wildman–Crippen LogP) is 1.42. The molecule has 2 atom stereocenters. The topological polar surface area (TPSA) is 77.8 Å². The summed E-state index contributed by atoms with van der Waals surface area (Å²) in [4.78, 5) is 24.8. The molecule has 1 aromatic rings. The molecule has 1 saturated heterocycles. The van der Waals surface area contributed by atoms with Crippen molar-refractivity contribution in [3.63, 3.8) is 0 Å². The summed E-state index contributed by atoms with van der Waals surface area (Å²) in [5.41, 5.74) is 1.23. The van der Waals surface area contributed by atoms with E-state index in [2.05, 4.69) is 15.9 Å². The molecule has 6 heteroatoms. The van der Waals surface area contributed by atoms with Crippen molar-refractivity contribution in [2.24, 2.45) is 0 Å². The second-order valence-electron chi connectivity index (χ2n) is 4.66. The lowest BCUT2D eigenvalue weighted by atomic mass is 10.1. The minimum absolute atomic E-state index is 0.0573. The highest BCUT2D eigenvalue weighted by atomic mass is 79.9. The molecule has 0 saturated carbocycles. The van der Waals surface area contributed by atoms with Gasteiger partial charge in [0.15, 0.2) is 0 Å². The number of hydrogen-bond acceptors (Lipinski definition) is 3. The minimum atomic E-state index is -1.09. The van der Waals surface area contributed by atoms with Crippen LogP contribution in [-0.4, -0.2) is 45.7 Å². The van der Waals surface area contributed by atoms with E-state index in [0.717, 1.165) is 10.0 Å². The number of aliphatic hydroxyl groups is 1. The van der Waals surface area contributed by atoms with E-state index in [1.807, 2.05) is 6.07 Å². The number of rotatable bonds is 2. The summed E-state index contributed by atoms with van der Waals surface area (Å²) >= 11 is 3.29. The lowest BCUT2D eigenvalue weighted by Gasteiger charge is -2.22. The molecule has 0 aliphatic carbocycles.